The summed E-state index contributed by atoms with van der Waals surface area (Å²) in [6, 6.07) is 2.39. The lowest BCUT2D eigenvalue weighted by Crippen LogP contribution is -2.45. The van der Waals surface area contributed by atoms with E-state index in [0.29, 0.717) is 29.4 Å². The van der Waals surface area contributed by atoms with Gasteiger partial charge in [0.1, 0.15) is 16.9 Å². The minimum Gasteiger partial charge on any atom is -0.370 e. The van der Waals surface area contributed by atoms with Crippen LogP contribution >= 0.6 is 11.8 Å². The molecule has 156 valence electrons. The Morgan fingerprint density at radius 3 is 2.66 bits per heavy atom. The smallest absolute Gasteiger partial charge is 0.232 e. The molecule has 4 heterocycles. The Hall–Kier alpha value is -1.82. The Bertz CT molecular complexity index is 823. The molecule has 0 atom stereocenters. The number of hydrogen-bond donors (Lipinski definition) is 1. The number of fused-ring (bicyclic) bond motifs is 1. The maximum Gasteiger partial charge on any atom is 0.232 e. The molecule has 4 rings (SSSR count). The minimum atomic E-state index is -0.312. The number of anilines is 1. The van der Waals surface area contributed by atoms with Crippen LogP contribution in [0.25, 0.3) is 0 Å². The zero-order chi connectivity index (χ0) is 20.4. The molecule has 8 heteroatoms. The van der Waals surface area contributed by atoms with Gasteiger partial charge in [-0.3, -0.25) is 4.79 Å². The largest absolute Gasteiger partial charge is 0.370 e. The van der Waals surface area contributed by atoms with Crippen LogP contribution in [0.3, 0.4) is 0 Å². The quantitative estimate of drug-likeness (QED) is 0.753. The number of ether oxygens (including phenoxy) is 1. The van der Waals surface area contributed by atoms with Gasteiger partial charge in [-0.25, -0.2) is 4.98 Å². The van der Waals surface area contributed by atoms with Gasteiger partial charge in [-0.1, -0.05) is 11.8 Å². The van der Waals surface area contributed by atoms with Crippen LogP contribution in [-0.4, -0.2) is 66.4 Å². The SMILES string of the molecule is CC1(C)Cc2c(C#N)c(SCC(=O)N3CCCC3)nc(N3CCNCC3)c2CO1. The first kappa shape index (κ1) is 20.5. The molecule has 0 unspecified atom stereocenters. The van der Waals surface area contributed by atoms with Gasteiger partial charge in [-0.2, -0.15) is 5.26 Å². The lowest BCUT2D eigenvalue weighted by atomic mass is 9.89. The van der Waals surface area contributed by atoms with Crippen molar-refractivity contribution in [2.24, 2.45) is 0 Å². The Balaban J connectivity index is 1.67. The van der Waals surface area contributed by atoms with E-state index in [4.69, 9.17) is 9.72 Å². The zero-order valence-corrected chi connectivity index (χ0v) is 18.1. The molecule has 3 aliphatic heterocycles. The molecule has 0 radical (unpaired) electrons. The Morgan fingerprint density at radius 1 is 1.24 bits per heavy atom. The fourth-order valence-electron chi connectivity index (χ4n) is 4.27. The number of likely N-dealkylation sites (tertiary alicyclic amines) is 1. The van der Waals surface area contributed by atoms with Gasteiger partial charge in [-0.15, -0.1) is 0 Å². The molecule has 1 N–H and O–H groups in total. The summed E-state index contributed by atoms with van der Waals surface area (Å²) >= 11 is 1.41. The van der Waals surface area contributed by atoms with Gasteiger partial charge in [0, 0.05) is 51.3 Å². The number of nitrogens with one attached hydrogen (secondary N) is 1. The molecule has 0 spiro atoms. The predicted octanol–water partition coefficient (Wildman–Crippen LogP) is 1.93. The van der Waals surface area contributed by atoms with Crippen molar-refractivity contribution in [3.05, 3.63) is 16.7 Å². The molecule has 29 heavy (non-hydrogen) atoms. The summed E-state index contributed by atoms with van der Waals surface area (Å²) in [5.74, 6) is 1.40. The molecule has 7 nitrogen and oxygen atoms in total. The second kappa shape index (κ2) is 8.50. The fourth-order valence-corrected chi connectivity index (χ4v) is 5.18. The van der Waals surface area contributed by atoms with Gasteiger partial charge in [0.25, 0.3) is 0 Å². The Labute approximate surface area is 176 Å². The van der Waals surface area contributed by atoms with E-state index >= 15 is 0 Å². The molecule has 2 fully saturated rings. The van der Waals surface area contributed by atoms with Crippen molar-refractivity contribution in [1.29, 1.82) is 5.26 Å². The summed E-state index contributed by atoms with van der Waals surface area (Å²) in [6.45, 7) is 9.88. The van der Waals surface area contributed by atoms with E-state index in [0.717, 1.165) is 69.1 Å². The molecule has 3 aliphatic rings. The van der Waals surface area contributed by atoms with E-state index < -0.39 is 0 Å². The number of carbonyl (C=O) groups excluding carboxylic acids is 1. The van der Waals surface area contributed by atoms with Crippen molar-refractivity contribution in [2.75, 3.05) is 49.9 Å². The van der Waals surface area contributed by atoms with Crippen molar-refractivity contribution in [1.82, 2.24) is 15.2 Å². The molecule has 0 aromatic carbocycles. The van der Waals surface area contributed by atoms with E-state index in [-0.39, 0.29) is 11.5 Å². The third-order valence-electron chi connectivity index (χ3n) is 5.89. The molecule has 0 bridgehead atoms. The summed E-state index contributed by atoms with van der Waals surface area (Å²) in [4.78, 5) is 21.7. The average molecular weight is 416 g/mol. The van der Waals surface area contributed by atoms with Crippen molar-refractivity contribution < 1.29 is 9.53 Å². The Kier molecular flexibility index (Phi) is 6.00. The van der Waals surface area contributed by atoms with Crippen LogP contribution in [0.15, 0.2) is 5.03 Å². The summed E-state index contributed by atoms with van der Waals surface area (Å²) in [6.07, 6.45) is 2.85. The number of thioether (sulfide) groups is 1. The highest BCUT2D eigenvalue weighted by atomic mass is 32.2. The molecular weight excluding hydrogens is 386 g/mol. The highest BCUT2D eigenvalue weighted by Crippen LogP contribution is 2.38. The number of aromatic nitrogens is 1. The summed E-state index contributed by atoms with van der Waals surface area (Å²) < 4.78 is 6.07. The van der Waals surface area contributed by atoms with Crippen LogP contribution in [-0.2, 0) is 22.6 Å². The van der Waals surface area contributed by atoms with Crippen LogP contribution in [0.4, 0.5) is 5.82 Å². The van der Waals surface area contributed by atoms with Crippen molar-refractivity contribution in [3.63, 3.8) is 0 Å². The van der Waals surface area contributed by atoms with Crippen LogP contribution in [0.1, 0.15) is 43.4 Å². The molecule has 1 aromatic rings. The number of hydrogen-bond acceptors (Lipinski definition) is 7. The van der Waals surface area contributed by atoms with Crippen molar-refractivity contribution >= 4 is 23.5 Å². The average Bonchev–Trinajstić information content (AvgIpc) is 3.26. The number of nitriles is 1. The maximum absolute atomic E-state index is 12.6. The van der Waals surface area contributed by atoms with E-state index in [1.807, 2.05) is 4.90 Å². The lowest BCUT2D eigenvalue weighted by molar-refractivity contribution is -0.127. The first-order chi connectivity index (χ1) is 14.0. The van der Waals surface area contributed by atoms with Gasteiger partial charge in [-0.05, 0) is 32.3 Å². The number of pyridine rings is 1. The van der Waals surface area contributed by atoms with Crippen LogP contribution < -0.4 is 10.2 Å². The molecule has 2 saturated heterocycles. The van der Waals surface area contributed by atoms with Crippen LogP contribution in [0.2, 0.25) is 0 Å². The lowest BCUT2D eigenvalue weighted by Gasteiger charge is -2.37. The fraction of sp³-hybridized carbons (Fsp3) is 0.667. The number of nitrogens with zero attached hydrogens (tertiary/aromatic N) is 4. The van der Waals surface area contributed by atoms with Crippen LogP contribution in [0, 0.1) is 11.3 Å². The van der Waals surface area contributed by atoms with Gasteiger partial charge in [0.05, 0.1) is 23.5 Å². The minimum absolute atomic E-state index is 0.142. The third-order valence-corrected chi connectivity index (χ3v) is 6.85. The maximum atomic E-state index is 12.6. The molecule has 1 amide bonds. The monoisotopic (exact) mass is 415 g/mol. The molecule has 1 aromatic heterocycles. The summed E-state index contributed by atoms with van der Waals surface area (Å²) in [7, 11) is 0. The second-order valence-electron chi connectivity index (χ2n) is 8.52. The Morgan fingerprint density at radius 2 is 1.97 bits per heavy atom. The topological polar surface area (TPSA) is 81.5 Å². The van der Waals surface area contributed by atoms with Crippen molar-refractivity contribution in [3.8, 4) is 6.07 Å². The molecule has 0 saturated carbocycles. The van der Waals surface area contributed by atoms with Crippen molar-refractivity contribution in [2.45, 2.75) is 50.3 Å². The third kappa shape index (κ3) is 4.37. The van der Waals surface area contributed by atoms with Gasteiger partial charge in [0.15, 0.2) is 0 Å². The molecule has 0 aliphatic carbocycles. The number of piperazine rings is 1. The number of rotatable bonds is 4. The van der Waals surface area contributed by atoms with Gasteiger partial charge in [0.2, 0.25) is 5.91 Å². The highest BCUT2D eigenvalue weighted by Gasteiger charge is 2.33. The first-order valence-electron chi connectivity index (χ1n) is 10.4. The second-order valence-corrected chi connectivity index (χ2v) is 9.49. The number of amides is 1. The summed E-state index contributed by atoms with van der Waals surface area (Å²) in [5.41, 5.74) is 2.39. The summed E-state index contributed by atoms with van der Waals surface area (Å²) in [5, 5.41) is 14.0. The highest BCUT2D eigenvalue weighted by molar-refractivity contribution is 8.00. The molecular formula is C21H29N5O2S. The first-order valence-corrected chi connectivity index (χ1v) is 11.4. The predicted molar refractivity (Wildman–Crippen MR) is 113 cm³/mol. The van der Waals surface area contributed by atoms with E-state index in [1.165, 1.54) is 11.8 Å². The standard InChI is InChI=1S/C21H29N5O2S/c1-21(2)11-15-16(12-22)20(29-14-18(27)25-7-3-4-8-25)24-19(17(15)13-28-21)26-9-5-23-6-10-26/h23H,3-11,13-14H2,1-2H3. The number of carbonyl (C=O) groups is 1. The van der Waals surface area contributed by atoms with Gasteiger partial charge < -0.3 is 19.9 Å². The van der Waals surface area contributed by atoms with Gasteiger partial charge >= 0.3 is 0 Å². The van der Waals surface area contributed by atoms with Crippen LogP contribution in [0.5, 0.6) is 0 Å². The van der Waals surface area contributed by atoms with E-state index in [9.17, 15) is 10.1 Å². The van der Waals surface area contributed by atoms with E-state index in [1.54, 1.807) is 0 Å². The van der Waals surface area contributed by atoms with E-state index in [2.05, 4.69) is 30.1 Å². The normalized spacial score (nSPS) is 21.0. The zero-order valence-electron chi connectivity index (χ0n) is 17.3.